The number of nitrogens with one attached hydrogen (secondary N) is 3. The molecule has 0 saturated carbocycles. The summed E-state index contributed by atoms with van der Waals surface area (Å²) >= 11 is 6.73. The van der Waals surface area contributed by atoms with Crippen LogP contribution in [-0.4, -0.2) is 52.6 Å². The summed E-state index contributed by atoms with van der Waals surface area (Å²) in [5.74, 6) is -1.31. The highest BCUT2D eigenvalue weighted by Crippen LogP contribution is 2.35. The molecule has 12 nitrogen and oxygen atoms in total. The van der Waals surface area contributed by atoms with Gasteiger partial charge >= 0.3 is 0 Å². The molecule has 7 rings (SSSR count). The lowest BCUT2D eigenvalue weighted by Gasteiger charge is -2.27. The van der Waals surface area contributed by atoms with E-state index in [-0.39, 0.29) is 43.0 Å². The van der Waals surface area contributed by atoms with E-state index in [1.54, 1.807) is 54.7 Å². The zero-order valence-electron chi connectivity index (χ0n) is 32.6. The number of piperidine rings is 1. The summed E-state index contributed by atoms with van der Waals surface area (Å²) in [6, 6.07) is 25.4. The number of halogens is 2. The molecule has 4 aromatic carbocycles. The van der Waals surface area contributed by atoms with Gasteiger partial charge in [0, 0.05) is 71.5 Å². The molecule has 4 amide bonds. The molecule has 1 atom stereocenters. The Morgan fingerprint density at radius 3 is 2.43 bits per heavy atom. The van der Waals surface area contributed by atoms with Gasteiger partial charge in [-0.3, -0.25) is 34.4 Å². The zero-order valence-corrected chi connectivity index (χ0v) is 33.4. The first-order chi connectivity index (χ1) is 29.2. The molecule has 2 aliphatic heterocycles. The smallest absolute Gasteiger partial charge is 0.264 e. The maximum absolute atomic E-state index is 14.6. The van der Waals surface area contributed by atoms with Gasteiger partial charge in [-0.05, 0) is 56.1 Å². The van der Waals surface area contributed by atoms with Crippen LogP contribution in [0.25, 0.3) is 11.1 Å². The maximum Gasteiger partial charge on any atom is 0.264 e. The highest BCUT2D eigenvalue weighted by molar-refractivity contribution is 6.34. The van der Waals surface area contributed by atoms with Crippen molar-refractivity contribution in [3.8, 4) is 28.7 Å². The van der Waals surface area contributed by atoms with Crippen LogP contribution >= 0.6 is 11.6 Å². The summed E-state index contributed by atoms with van der Waals surface area (Å²) in [4.78, 5) is 55.7. The molecule has 14 heteroatoms. The first-order valence-electron chi connectivity index (χ1n) is 19.8. The van der Waals surface area contributed by atoms with Gasteiger partial charge in [0.15, 0.2) is 0 Å². The highest BCUT2D eigenvalue weighted by atomic mass is 35.5. The van der Waals surface area contributed by atoms with Gasteiger partial charge in [-0.1, -0.05) is 73.0 Å². The van der Waals surface area contributed by atoms with Gasteiger partial charge < -0.3 is 20.1 Å². The number of aromatic nitrogens is 1. The Bertz CT molecular complexity index is 2470. The molecule has 0 aliphatic carbocycles. The second-order valence-electron chi connectivity index (χ2n) is 14.5. The Morgan fingerprint density at radius 1 is 0.833 bits per heavy atom. The summed E-state index contributed by atoms with van der Waals surface area (Å²) in [5, 5.41) is 18.8. The maximum atomic E-state index is 14.6. The number of ether oxygens (including phenoxy) is 2. The average molecular weight is 829 g/mol. The highest BCUT2D eigenvalue weighted by Gasteiger charge is 2.45. The molecule has 0 bridgehead atoms. The predicted octanol–water partition coefficient (Wildman–Crippen LogP) is 7.73. The second kappa shape index (κ2) is 19.4. The van der Waals surface area contributed by atoms with Crippen LogP contribution in [0.4, 0.5) is 10.1 Å². The summed E-state index contributed by atoms with van der Waals surface area (Å²) in [6.45, 7) is 2.23. The Balaban J connectivity index is 0.900. The number of carbonyl (C=O) groups excluding carboxylic acids is 4. The lowest BCUT2D eigenvalue weighted by atomic mass is 10.0. The molecule has 1 aromatic heterocycles. The molecule has 0 radical (unpaired) electrons. The molecular weight excluding hydrogens is 787 g/mol. The monoisotopic (exact) mass is 828 g/mol. The number of hydrogen-bond acceptors (Lipinski definition) is 10. The third kappa shape index (κ3) is 9.63. The quantitative estimate of drug-likeness (QED) is 0.0589. The van der Waals surface area contributed by atoms with Crippen molar-refractivity contribution in [2.45, 2.75) is 64.3 Å². The third-order valence-electron chi connectivity index (χ3n) is 10.4. The zero-order chi connectivity index (χ0) is 42.0. The molecular formula is C46H42ClFN6O6. The van der Waals surface area contributed by atoms with E-state index in [0.717, 1.165) is 48.3 Å². The number of hydrogen-bond donors (Lipinski definition) is 3. The van der Waals surface area contributed by atoms with Crippen LogP contribution in [-0.2, 0) is 29.3 Å². The largest absolute Gasteiger partial charge is 0.489 e. The number of amides is 4. The number of imide groups is 2. The van der Waals surface area contributed by atoms with Gasteiger partial charge in [-0.15, -0.1) is 0 Å². The van der Waals surface area contributed by atoms with E-state index >= 15 is 0 Å². The fourth-order valence-corrected chi connectivity index (χ4v) is 7.55. The number of anilines is 1. The molecule has 3 heterocycles. The summed E-state index contributed by atoms with van der Waals surface area (Å²) in [5.41, 5.74) is 4.84. The van der Waals surface area contributed by atoms with E-state index < -0.39 is 29.7 Å². The van der Waals surface area contributed by atoms with Crippen LogP contribution in [0.3, 0.4) is 0 Å². The van der Waals surface area contributed by atoms with Crippen molar-refractivity contribution in [2.24, 2.45) is 0 Å². The summed E-state index contributed by atoms with van der Waals surface area (Å²) < 4.78 is 27.0. The second-order valence-corrected chi connectivity index (χ2v) is 14.9. The van der Waals surface area contributed by atoms with Crippen molar-refractivity contribution in [3.05, 3.63) is 142 Å². The van der Waals surface area contributed by atoms with Crippen LogP contribution < -0.4 is 25.4 Å². The van der Waals surface area contributed by atoms with E-state index in [0.29, 0.717) is 57.6 Å². The van der Waals surface area contributed by atoms with Crippen molar-refractivity contribution >= 4 is 40.9 Å². The summed E-state index contributed by atoms with van der Waals surface area (Å²) in [7, 11) is 0. The SMILES string of the molecule is N#Cc1cncc(COc2cc(OCc3cccc(-c4ccccc4F)c3Cl)ccc2CNCCCCCCNc2cccc3c2C(=O)N(C2CCC(=O)NC2=O)C3=O)c1. The van der Waals surface area contributed by atoms with Crippen LogP contribution in [0.5, 0.6) is 11.5 Å². The molecule has 5 aromatic rings. The minimum Gasteiger partial charge on any atom is -0.489 e. The molecule has 1 unspecified atom stereocenters. The van der Waals surface area contributed by atoms with E-state index in [9.17, 15) is 28.8 Å². The van der Waals surface area contributed by atoms with Crippen LogP contribution in [0.1, 0.15) is 81.5 Å². The Labute approximate surface area is 351 Å². The minimum atomic E-state index is -1.01. The van der Waals surface area contributed by atoms with Crippen LogP contribution in [0.15, 0.2) is 97.3 Å². The van der Waals surface area contributed by atoms with E-state index in [1.807, 2.05) is 30.3 Å². The molecule has 3 N–H and O–H groups in total. The number of pyridine rings is 1. The lowest BCUT2D eigenvalue weighted by Crippen LogP contribution is -2.54. The number of nitrogens with zero attached hydrogens (tertiary/aromatic N) is 3. The van der Waals surface area contributed by atoms with Crippen LogP contribution in [0, 0.1) is 17.1 Å². The predicted molar refractivity (Wildman–Crippen MR) is 223 cm³/mol. The third-order valence-corrected chi connectivity index (χ3v) is 10.8. The first kappa shape index (κ1) is 41.5. The molecule has 1 saturated heterocycles. The lowest BCUT2D eigenvalue weighted by molar-refractivity contribution is -0.136. The van der Waals surface area contributed by atoms with Crippen molar-refractivity contribution in [1.29, 1.82) is 5.26 Å². The summed E-state index contributed by atoms with van der Waals surface area (Å²) in [6.07, 6.45) is 6.97. The number of nitriles is 1. The number of benzene rings is 4. The van der Waals surface area contributed by atoms with Gasteiger partial charge in [0.2, 0.25) is 11.8 Å². The average Bonchev–Trinajstić information content (AvgIpc) is 3.51. The normalized spacial score (nSPS) is 14.8. The first-order valence-corrected chi connectivity index (χ1v) is 20.1. The van der Waals surface area contributed by atoms with Gasteiger partial charge in [-0.2, -0.15) is 5.26 Å². The van der Waals surface area contributed by atoms with Crippen molar-refractivity contribution in [1.82, 2.24) is 20.5 Å². The molecule has 2 aliphatic rings. The topological polar surface area (TPSA) is 163 Å². The van der Waals surface area contributed by atoms with Crippen LogP contribution in [0.2, 0.25) is 5.02 Å². The van der Waals surface area contributed by atoms with E-state index in [1.165, 1.54) is 12.3 Å². The van der Waals surface area contributed by atoms with Gasteiger partial charge in [-0.25, -0.2) is 4.39 Å². The Hall–Kier alpha value is -6.62. The van der Waals surface area contributed by atoms with E-state index in [4.69, 9.17) is 21.1 Å². The van der Waals surface area contributed by atoms with E-state index in [2.05, 4.69) is 27.0 Å². The molecule has 0 spiro atoms. The fraction of sp³-hybridized carbons (Fsp3) is 0.261. The fourth-order valence-electron chi connectivity index (χ4n) is 7.27. The molecule has 306 valence electrons. The minimum absolute atomic E-state index is 0.0654. The Morgan fingerprint density at radius 2 is 1.62 bits per heavy atom. The number of carbonyl (C=O) groups is 4. The number of rotatable bonds is 18. The number of unbranched alkanes of at least 4 members (excludes halogenated alkanes) is 3. The standard InChI is InChI=1S/C46H42ClFN6O6/c47-43-32(9-7-11-35(43)34-10-3-4-13-37(34)48)28-59-33-16-15-31(40(22-33)60-27-30-21-29(23-49)24-51-25-30)26-50-19-5-1-2-6-20-52-38-14-8-12-36-42(38)46(58)54(45(36)57)39-17-18-41(55)53-44(39)56/h3-4,7-16,21-22,24-25,39,50,52H,1-2,5-6,17-20,26-28H2,(H,53,55,56). The van der Waals surface area contributed by atoms with Crippen molar-refractivity contribution in [3.63, 3.8) is 0 Å². The Kier molecular flexibility index (Phi) is 13.4. The number of fused-ring (bicyclic) bond motifs is 1. The molecule has 1 fully saturated rings. The van der Waals surface area contributed by atoms with Gasteiger partial charge in [0.25, 0.3) is 11.8 Å². The van der Waals surface area contributed by atoms with Gasteiger partial charge in [0.1, 0.15) is 42.6 Å². The van der Waals surface area contributed by atoms with Crippen molar-refractivity contribution < 1.29 is 33.0 Å². The molecule has 60 heavy (non-hydrogen) atoms. The van der Waals surface area contributed by atoms with Crippen molar-refractivity contribution in [2.75, 3.05) is 18.4 Å². The van der Waals surface area contributed by atoms with Gasteiger partial charge in [0.05, 0.1) is 21.7 Å².